The van der Waals surface area contributed by atoms with E-state index >= 15 is 0 Å². The quantitative estimate of drug-likeness (QED) is 0.865. The van der Waals surface area contributed by atoms with E-state index in [1.807, 2.05) is 6.92 Å². The number of carbonyl (C=O) groups is 1. The lowest BCUT2D eigenvalue weighted by molar-refractivity contribution is -0.115. The standard InChI is InChI=1S/C13H15BrN2OS/c1-4-9(14)12(17)16-13-15-10-5-7(2)8(3)6-11(10)18-13/h5-6,9H,4H2,1-3H3,(H,15,16,17). The lowest BCUT2D eigenvalue weighted by Crippen LogP contribution is -2.21. The van der Waals surface area contributed by atoms with E-state index < -0.39 is 0 Å². The van der Waals surface area contributed by atoms with E-state index in [-0.39, 0.29) is 10.7 Å². The Labute approximate surface area is 119 Å². The topological polar surface area (TPSA) is 42.0 Å². The number of thiazole rings is 1. The average Bonchev–Trinajstić information content (AvgIpc) is 2.70. The van der Waals surface area contributed by atoms with Gasteiger partial charge in [0.25, 0.3) is 0 Å². The van der Waals surface area contributed by atoms with Crippen LogP contribution in [0.2, 0.25) is 0 Å². The molecule has 0 aliphatic carbocycles. The van der Waals surface area contributed by atoms with Gasteiger partial charge in [-0.05, 0) is 43.5 Å². The third-order valence-electron chi connectivity index (χ3n) is 2.88. The van der Waals surface area contributed by atoms with Crippen molar-refractivity contribution in [3.05, 3.63) is 23.3 Å². The fourth-order valence-electron chi connectivity index (χ4n) is 1.60. The monoisotopic (exact) mass is 326 g/mol. The van der Waals surface area contributed by atoms with Crippen molar-refractivity contribution in [2.45, 2.75) is 32.0 Å². The molecular weight excluding hydrogens is 312 g/mol. The molecule has 0 bridgehead atoms. The number of nitrogens with zero attached hydrogens (tertiary/aromatic N) is 1. The first-order chi connectivity index (χ1) is 8.51. The smallest absolute Gasteiger partial charge is 0.239 e. The van der Waals surface area contributed by atoms with E-state index in [9.17, 15) is 4.79 Å². The van der Waals surface area contributed by atoms with Gasteiger partial charge in [0, 0.05) is 0 Å². The number of carbonyl (C=O) groups excluding carboxylic acids is 1. The second kappa shape index (κ2) is 5.36. The molecular formula is C13H15BrN2OS. The van der Waals surface area contributed by atoms with Gasteiger partial charge in [0.2, 0.25) is 5.91 Å². The molecule has 0 saturated carbocycles. The van der Waals surface area contributed by atoms with Crippen LogP contribution in [0, 0.1) is 13.8 Å². The normalized spacial score (nSPS) is 12.7. The van der Waals surface area contributed by atoms with Crippen molar-refractivity contribution in [3.8, 4) is 0 Å². The van der Waals surface area contributed by atoms with Crippen LogP contribution in [-0.2, 0) is 4.79 Å². The molecule has 1 atom stereocenters. The zero-order valence-corrected chi connectivity index (χ0v) is 13.0. The summed E-state index contributed by atoms with van der Waals surface area (Å²) in [6, 6.07) is 4.17. The minimum Gasteiger partial charge on any atom is -0.301 e. The van der Waals surface area contributed by atoms with Crippen molar-refractivity contribution < 1.29 is 4.79 Å². The molecule has 2 rings (SSSR count). The molecule has 0 aliphatic rings. The molecule has 0 fully saturated rings. The summed E-state index contributed by atoms with van der Waals surface area (Å²) in [5.41, 5.74) is 3.41. The number of fused-ring (bicyclic) bond motifs is 1. The third-order valence-corrected chi connectivity index (χ3v) is 4.87. The van der Waals surface area contributed by atoms with Gasteiger partial charge in [0.1, 0.15) is 0 Å². The van der Waals surface area contributed by atoms with Gasteiger partial charge in [0.05, 0.1) is 15.0 Å². The number of halogens is 1. The van der Waals surface area contributed by atoms with Crippen molar-refractivity contribution in [1.29, 1.82) is 0 Å². The second-order valence-corrected chi connectivity index (χ2v) is 6.42. The van der Waals surface area contributed by atoms with Crippen molar-refractivity contribution in [2.24, 2.45) is 0 Å². The third kappa shape index (κ3) is 2.72. The molecule has 0 spiro atoms. The Hall–Kier alpha value is -0.940. The highest BCUT2D eigenvalue weighted by Crippen LogP contribution is 2.28. The van der Waals surface area contributed by atoms with E-state index in [1.165, 1.54) is 22.5 Å². The lowest BCUT2D eigenvalue weighted by Gasteiger charge is -2.04. The Morgan fingerprint density at radius 3 is 2.78 bits per heavy atom. The van der Waals surface area contributed by atoms with Gasteiger partial charge in [-0.25, -0.2) is 4.98 Å². The number of amides is 1. The minimum atomic E-state index is -0.159. The molecule has 96 valence electrons. The fourth-order valence-corrected chi connectivity index (χ4v) is 2.67. The van der Waals surface area contributed by atoms with Crippen LogP contribution >= 0.6 is 27.3 Å². The summed E-state index contributed by atoms with van der Waals surface area (Å²) in [6.07, 6.45) is 0.759. The molecule has 1 amide bonds. The molecule has 0 aliphatic heterocycles. The molecule has 18 heavy (non-hydrogen) atoms. The molecule has 0 saturated heterocycles. The van der Waals surface area contributed by atoms with Gasteiger partial charge in [-0.1, -0.05) is 34.2 Å². The van der Waals surface area contributed by atoms with Crippen molar-refractivity contribution in [3.63, 3.8) is 0 Å². The molecule has 5 heteroatoms. The molecule has 1 aromatic heterocycles. The van der Waals surface area contributed by atoms with E-state index in [0.29, 0.717) is 5.13 Å². The number of hydrogen-bond donors (Lipinski definition) is 1. The summed E-state index contributed by atoms with van der Waals surface area (Å²) in [4.78, 5) is 16.0. The summed E-state index contributed by atoms with van der Waals surface area (Å²) < 4.78 is 1.11. The van der Waals surface area contributed by atoms with Crippen molar-refractivity contribution in [2.75, 3.05) is 5.32 Å². The number of benzene rings is 1. The maximum absolute atomic E-state index is 11.8. The number of aryl methyl sites for hydroxylation is 2. The van der Waals surface area contributed by atoms with E-state index in [0.717, 1.165) is 16.6 Å². The van der Waals surface area contributed by atoms with Crippen LogP contribution < -0.4 is 5.32 Å². The Kier molecular flexibility index (Phi) is 4.02. The Bertz CT molecular complexity index is 555. The van der Waals surface area contributed by atoms with Gasteiger partial charge in [-0.2, -0.15) is 0 Å². The lowest BCUT2D eigenvalue weighted by atomic mass is 10.1. The maximum Gasteiger partial charge on any atom is 0.239 e. The number of alkyl halides is 1. The Morgan fingerprint density at radius 1 is 1.44 bits per heavy atom. The van der Waals surface area contributed by atoms with Crippen LogP contribution in [-0.4, -0.2) is 15.7 Å². The van der Waals surface area contributed by atoms with Crippen LogP contribution in [0.1, 0.15) is 24.5 Å². The van der Waals surface area contributed by atoms with Crippen LogP contribution in [0.25, 0.3) is 10.2 Å². The SMILES string of the molecule is CCC(Br)C(=O)Nc1nc2cc(C)c(C)cc2s1. The number of hydrogen-bond acceptors (Lipinski definition) is 3. The molecule has 1 aromatic carbocycles. The molecule has 2 aromatic rings. The molecule has 1 unspecified atom stereocenters. The van der Waals surface area contributed by atoms with Gasteiger partial charge < -0.3 is 5.32 Å². The summed E-state index contributed by atoms with van der Waals surface area (Å²) in [7, 11) is 0. The van der Waals surface area contributed by atoms with Crippen LogP contribution in [0.4, 0.5) is 5.13 Å². The average molecular weight is 327 g/mol. The molecule has 1 heterocycles. The predicted octanol–water partition coefficient (Wildman–Crippen LogP) is 4.03. The van der Waals surface area contributed by atoms with Gasteiger partial charge in [-0.3, -0.25) is 4.79 Å². The van der Waals surface area contributed by atoms with Crippen molar-refractivity contribution in [1.82, 2.24) is 4.98 Å². The van der Waals surface area contributed by atoms with Crippen LogP contribution in [0.5, 0.6) is 0 Å². The van der Waals surface area contributed by atoms with Crippen LogP contribution in [0.15, 0.2) is 12.1 Å². The summed E-state index contributed by atoms with van der Waals surface area (Å²) in [5, 5.41) is 3.51. The highest BCUT2D eigenvalue weighted by molar-refractivity contribution is 9.10. The number of nitrogens with one attached hydrogen (secondary N) is 1. The molecule has 3 nitrogen and oxygen atoms in total. The number of aromatic nitrogens is 1. The highest BCUT2D eigenvalue weighted by atomic mass is 79.9. The fraction of sp³-hybridized carbons (Fsp3) is 0.385. The zero-order chi connectivity index (χ0) is 13.3. The molecule has 0 radical (unpaired) electrons. The highest BCUT2D eigenvalue weighted by Gasteiger charge is 2.14. The van der Waals surface area contributed by atoms with Gasteiger partial charge in [-0.15, -0.1) is 0 Å². The predicted molar refractivity (Wildman–Crippen MR) is 80.7 cm³/mol. The largest absolute Gasteiger partial charge is 0.301 e. The second-order valence-electron chi connectivity index (χ2n) is 4.29. The van der Waals surface area contributed by atoms with Crippen molar-refractivity contribution >= 4 is 48.5 Å². The first-order valence-corrected chi connectivity index (χ1v) is 7.57. The Morgan fingerprint density at radius 2 is 2.11 bits per heavy atom. The first-order valence-electron chi connectivity index (χ1n) is 5.84. The van der Waals surface area contributed by atoms with E-state index in [1.54, 1.807) is 0 Å². The summed E-state index contributed by atoms with van der Waals surface area (Å²) in [6.45, 7) is 6.11. The number of rotatable bonds is 3. The maximum atomic E-state index is 11.8. The van der Waals surface area contributed by atoms with E-state index in [2.05, 4.69) is 52.2 Å². The Balaban J connectivity index is 2.28. The summed E-state index contributed by atoms with van der Waals surface area (Å²) in [5.74, 6) is -0.0370. The van der Waals surface area contributed by atoms with Gasteiger partial charge in [0.15, 0.2) is 5.13 Å². The number of anilines is 1. The minimum absolute atomic E-state index is 0.0370. The van der Waals surface area contributed by atoms with E-state index in [4.69, 9.17) is 0 Å². The molecule has 1 N–H and O–H groups in total. The summed E-state index contributed by atoms with van der Waals surface area (Å²) >= 11 is 4.84. The van der Waals surface area contributed by atoms with Crippen LogP contribution in [0.3, 0.4) is 0 Å². The zero-order valence-electron chi connectivity index (χ0n) is 10.6. The van der Waals surface area contributed by atoms with Gasteiger partial charge >= 0.3 is 0 Å². The first kappa shape index (κ1) is 13.5.